The predicted molar refractivity (Wildman–Crippen MR) is 164 cm³/mol. The number of piperazine rings is 1. The first kappa shape index (κ1) is 29.7. The van der Waals surface area contributed by atoms with Gasteiger partial charge in [0.15, 0.2) is 0 Å². The van der Waals surface area contributed by atoms with Crippen molar-refractivity contribution in [3.63, 3.8) is 0 Å². The van der Waals surface area contributed by atoms with Crippen molar-refractivity contribution in [1.29, 1.82) is 5.26 Å². The number of nitrogens with zero attached hydrogens (tertiary/aromatic N) is 5. The van der Waals surface area contributed by atoms with E-state index in [4.69, 9.17) is 6.42 Å². The van der Waals surface area contributed by atoms with Crippen LogP contribution in [0.15, 0.2) is 53.8 Å². The Kier molecular flexibility index (Phi) is 9.70. The summed E-state index contributed by atoms with van der Waals surface area (Å²) in [6, 6.07) is 12.2. The van der Waals surface area contributed by atoms with Crippen molar-refractivity contribution in [1.82, 2.24) is 14.8 Å². The van der Waals surface area contributed by atoms with Gasteiger partial charge in [-0.1, -0.05) is 24.1 Å². The van der Waals surface area contributed by atoms with Gasteiger partial charge in [0.1, 0.15) is 11.9 Å². The van der Waals surface area contributed by atoms with Crippen LogP contribution < -0.4 is 10.2 Å². The van der Waals surface area contributed by atoms with Crippen molar-refractivity contribution in [3.8, 4) is 18.4 Å². The van der Waals surface area contributed by atoms with E-state index in [1.54, 1.807) is 12.2 Å². The fourth-order valence-corrected chi connectivity index (χ4v) is 5.77. The number of allylic oxidation sites excluding steroid dienone is 3. The molecule has 2 aliphatic rings. The Morgan fingerprint density at radius 3 is 2.54 bits per heavy atom. The van der Waals surface area contributed by atoms with Gasteiger partial charge in [-0.05, 0) is 69.9 Å². The molecule has 2 fully saturated rings. The molecule has 3 heterocycles. The van der Waals surface area contributed by atoms with Gasteiger partial charge in [-0.2, -0.15) is 5.26 Å². The second-order valence-electron chi connectivity index (χ2n) is 10.8. The zero-order valence-corrected chi connectivity index (χ0v) is 24.5. The van der Waals surface area contributed by atoms with E-state index in [-0.39, 0.29) is 24.6 Å². The second-order valence-corrected chi connectivity index (χ2v) is 10.8. The second kappa shape index (κ2) is 13.4. The van der Waals surface area contributed by atoms with E-state index in [1.807, 2.05) is 49.9 Å². The molecule has 1 amide bonds. The molecule has 2 aromatic rings. The molecule has 214 valence electrons. The van der Waals surface area contributed by atoms with Crippen LogP contribution in [-0.2, 0) is 0 Å². The third kappa shape index (κ3) is 6.73. The first-order valence-electron chi connectivity index (χ1n) is 14.3. The number of hydrogen-bond acceptors (Lipinski definition) is 7. The summed E-state index contributed by atoms with van der Waals surface area (Å²) in [6.45, 7) is 11.0. The van der Waals surface area contributed by atoms with Crippen molar-refractivity contribution in [2.24, 2.45) is 0 Å². The van der Waals surface area contributed by atoms with Crippen LogP contribution in [-0.4, -0.2) is 77.2 Å². The molecule has 0 radical (unpaired) electrons. The summed E-state index contributed by atoms with van der Waals surface area (Å²) in [5.41, 5.74) is 5.99. The van der Waals surface area contributed by atoms with Crippen molar-refractivity contribution < 1.29 is 9.90 Å². The van der Waals surface area contributed by atoms with Gasteiger partial charge in [0.05, 0.1) is 23.9 Å². The van der Waals surface area contributed by atoms with Crippen LogP contribution in [0.3, 0.4) is 0 Å². The number of aryl methyl sites for hydroxylation is 3. The number of terminal acetylenes is 1. The average Bonchev–Trinajstić information content (AvgIpc) is 2.98. The van der Waals surface area contributed by atoms with E-state index >= 15 is 0 Å². The number of pyridine rings is 1. The highest BCUT2D eigenvalue weighted by molar-refractivity contribution is 5.97. The number of anilines is 2. The smallest absolute Gasteiger partial charge is 0.254 e. The van der Waals surface area contributed by atoms with Gasteiger partial charge in [-0.25, -0.2) is 4.98 Å². The zero-order chi connectivity index (χ0) is 29.5. The summed E-state index contributed by atoms with van der Waals surface area (Å²) < 4.78 is 0. The highest BCUT2D eigenvalue weighted by Gasteiger charge is 2.31. The Labute approximate surface area is 244 Å². The van der Waals surface area contributed by atoms with E-state index in [1.165, 1.54) is 0 Å². The molecular weight excluding hydrogens is 512 g/mol. The molecule has 0 unspecified atom stereocenters. The molecule has 2 saturated heterocycles. The summed E-state index contributed by atoms with van der Waals surface area (Å²) in [5.74, 6) is 3.39. The molecule has 1 aromatic heterocycles. The van der Waals surface area contributed by atoms with Crippen molar-refractivity contribution >= 4 is 17.4 Å². The molecule has 0 saturated carbocycles. The lowest BCUT2D eigenvalue weighted by Crippen LogP contribution is -2.56. The van der Waals surface area contributed by atoms with Gasteiger partial charge in [0.2, 0.25) is 0 Å². The van der Waals surface area contributed by atoms with Crippen LogP contribution in [0.5, 0.6) is 0 Å². The van der Waals surface area contributed by atoms with E-state index in [9.17, 15) is 15.2 Å². The molecule has 2 aliphatic heterocycles. The monoisotopic (exact) mass is 552 g/mol. The topological polar surface area (TPSA) is 95.7 Å². The number of piperidine rings is 1. The number of hydrogen-bond donors (Lipinski definition) is 2. The number of nitrogens with one attached hydrogen (secondary N) is 1. The Balaban J connectivity index is 1.44. The van der Waals surface area contributed by atoms with Gasteiger partial charge in [-0.3, -0.25) is 4.79 Å². The van der Waals surface area contributed by atoms with Crippen LogP contribution in [0, 0.1) is 44.4 Å². The normalized spacial score (nSPS) is 18.6. The van der Waals surface area contributed by atoms with E-state index in [2.05, 4.69) is 45.1 Å². The molecule has 8 nitrogen and oxygen atoms in total. The first-order valence-corrected chi connectivity index (χ1v) is 14.3. The maximum atomic E-state index is 13.8. The lowest BCUT2D eigenvalue weighted by molar-refractivity contribution is 0.0698. The van der Waals surface area contributed by atoms with E-state index in [0.29, 0.717) is 30.8 Å². The Hall–Kier alpha value is -4.27. The van der Waals surface area contributed by atoms with Gasteiger partial charge in [0.25, 0.3) is 5.91 Å². The number of carbonyl (C=O) groups excluding carboxylic acids is 1. The van der Waals surface area contributed by atoms with Crippen molar-refractivity contribution in [2.75, 3.05) is 49.5 Å². The third-order valence-corrected chi connectivity index (χ3v) is 8.05. The van der Waals surface area contributed by atoms with Crippen LogP contribution in [0.4, 0.5) is 11.5 Å². The number of benzene rings is 1. The Bertz CT molecular complexity index is 1410. The Morgan fingerprint density at radius 2 is 1.90 bits per heavy atom. The number of aliphatic hydroxyl groups is 1. The predicted octanol–water partition coefficient (Wildman–Crippen LogP) is 4.19. The number of nitriles is 1. The minimum Gasteiger partial charge on any atom is -0.394 e. The largest absolute Gasteiger partial charge is 0.394 e. The van der Waals surface area contributed by atoms with Crippen LogP contribution in [0.25, 0.3) is 0 Å². The summed E-state index contributed by atoms with van der Waals surface area (Å²) in [4.78, 5) is 24.5. The lowest BCUT2D eigenvalue weighted by Gasteiger charge is -2.41. The van der Waals surface area contributed by atoms with Crippen LogP contribution in [0.2, 0.25) is 0 Å². The minimum absolute atomic E-state index is 0.0184. The van der Waals surface area contributed by atoms with Gasteiger partial charge in [-0.15, -0.1) is 6.42 Å². The number of likely N-dealkylation sites (tertiary alicyclic amines) is 1. The molecule has 0 spiro atoms. The summed E-state index contributed by atoms with van der Waals surface area (Å²) in [6.07, 6.45) is 10.8. The molecule has 2 N–H and O–H groups in total. The van der Waals surface area contributed by atoms with E-state index < -0.39 is 0 Å². The maximum absolute atomic E-state index is 13.8. The van der Waals surface area contributed by atoms with Crippen LogP contribution in [0.1, 0.15) is 46.9 Å². The standard InChI is InChI=1S/C33H40N6O2/c1-6-9-31(26(7-2)20-34)37-14-12-27(13-15-37)36-30-19-29(23(3)18-24(30)4)33(41)38-16-17-39(28(21-38)22-40)32-11-8-10-25(5)35-32/h1,7-11,18-19,27-28,36,40H,12-17,21-22H2,2-5H3/b26-7-,31-9+/t28-/m0/s1. The zero-order valence-electron chi connectivity index (χ0n) is 24.5. The van der Waals surface area contributed by atoms with Crippen molar-refractivity contribution in [2.45, 2.75) is 52.6 Å². The molecule has 1 aromatic carbocycles. The highest BCUT2D eigenvalue weighted by atomic mass is 16.3. The molecule has 0 bridgehead atoms. The summed E-state index contributed by atoms with van der Waals surface area (Å²) >= 11 is 0. The van der Waals surface area contributed by atoms with Crippen LogP contribution >= 0.6 is 0 Å². The van der Waals surface area contributed by atoms with Gasteiger partial charge < -0.3 is 25.1 Å². The number of aliphatic hydroxyl groups excluding tert-OH is 1. The minimum atomic E-state index is -0.215. The third-order valence-electron chi connectivity index (χ3n) is 8.05. The number of rotatable bonds is 7. The molecule has 8 heteroatoms. The Morgan fingerprint density at radius 1 is 1.15 bits per heavy atom. The fourth-order valence-electron chi connectivity index (χ4n) is 5.77. The SMILES string of the molecule is C#C/C=C(\C(C#N)=C/C)N1CCC(Nc2cc(C(=O)N3CCN(c4cccc(C)n4)[C@H](CO)C3)c(C)cc2C)CC1. The average molecular weight is 553 g/mol. The summed E-state index contributed by atoms with van der Waals surface area (Å²) in [5, 5.41) is 23.4. The first-order chi connectivity index (χ1) is 19.8. The molecule has 4 rings (SSSR count). The highest BCUT2D eigenvalue weighted by Crippen LogP contribution is 2.28. The molecule has 41 heavy (non-hydrogen) atoms. The number of aromatic nitrogens is 1. The van der Waals surface area contributed by atoms with Gasteiger partial charge in [0, 0.05) is 61.8 Å². The maximum Gasteiger partial charge on any atom is 0.254 e. The van der Waals surface area contributed by atoms with Crippen molar-refractivity contribution in [3.05, 3.63) is 76.1 Å². The fraction of sp³-hybridized carbons (Fsp3) is 0.424. The molecule has 1 atom stereocenters. The summed E-state index contributed by atoms with van der Waals surface area (Å²) in [7, 11) is 0. The van der Waals surface area contributed by atoms with E-state index in [0.717, 1.165) is 60.0 Å². The number of amides is 1. The molecular formula is C33H40N6O2. The molecule has 0 aliphatic carbocycles. The quantitative estimate of drug-likeness (QED) is 0.302. The lowest BCUT2D eigenvalue weighted by atomic mass is 9.98. The van der Waals surface area contributed by atoms with Gasteiger partial charge >= 0.3 is 0 Å². The number of carbonyl (C=O) groups is 1.